The third-order valence-corrected chi connectivity index (χ3v) is 5.97. The Labute approximate surface area is 162 Å². The van der Waals surface area contributed by atoms with Crippen LogP contribution in [0.1, 0.15) is 33.5 Å². The molecule has 7 heteroatoms. The van der Waals surface area contributed by atoms with Gasteiger partial charge >= 0.3 is 0 Å². The molecular formula is C21H22FN5O. The summed E-state index contributed by atoms with van der Waals surface area (Å²) in [5.74, 6) is 0.259. The molecule has 0 spiro atoms. The molecule has 2 aromatic heterocycles. The van der Waals surface area contributed by atoms with Crippen molar-refractivity contribution in [1.82, 2.24) is 24.8 Å². The van der Waals surface area contributed by atoms with Crippen LogP contribution in [0.4, 0.5) is 4.39 Å². The average Bonchev–Trinajstić information content (AvgIpc) is 3.34. The lowest BCUT2D eigenvalue weighted by Crippen LogP contribution is -2.35. The molecule has 0 bridgehead atoms. The number of nitrogens with zero attached hydrogens (tertiary/aromatic N) is 4. The zero-order valence-corrected chi connectivity index (χ0v) is 15.9. The van der Waals surface area contributed by atoms with Crippen LogP contribution in [0, 0.1) is 31.5 Å². The highest BCUT2D eigenvalue weighted by Gasteiger charge is 2.47. The molecule has 3 atom stereocenters. The van der Waals surface area contributed by atoms with E-state index in [-0.39, 0.29) is 23.7 Å². The second kappa shape index (κ2) is 6.38. The minimum Gasteiger partial charge on any atom is -0.330 e. The van der Waals surface area contributed by atoms with E-state index in [1.165, 1.54) is 6.07 Å². The van der Waals surface area contributed by atoms with Crippen molar-refractivity contribution in [2.45, 2.75) is 19.9 Å². The fraction of sp³-hybridized carbons (Fsp3) is 0.381. The first-order valence-corrected chi connectivity index (χ1v) is 9.62. The Bertz CT molecular complexity index is 1080. The van der Waals surface area contributed by atoms with Crippen molar-refractivity contribution in [2.75, 3.05) is 19.6 Å². The summed E-state index contributed by atoms with van der Waals surface area (Å²) in [7, 11) is 0. The van der Waals surface area contributed by atoms with Crippen LogP contribution in [-0.2, 0) is 0 Å². The van der Waals surface area contributed by atoms with Crippen LogP contribution >= 0.6 is 0 Å². The minimum atomic E-state index is -0.276. The summed E-state index contributed by atoms with van der Waals surface area (Å²) < 4.78 is 15.6. The van der Waals surface area contributed by atoms with Gasteiger partial charge in [0.1, 0.15) is 5.82 Å². The van der Waals surface area contributed by atoms with Gasteiger partial charge in [-0.25, -0.2) is 13.9 Å². The quantitative estimate of drug-likeness (QED) is 0.743. The summed E-state index contributed by atoms with van der Waals surface area (Å²) in [6.07, 6.45) is 0. The molecule has 1 aromatic carbocycles. The van der Waals surface area contributed by atoms with Crippen molar-refractivity contribution >= 4 is 11.6 Å². The minimum absolute atomic E-state index is 0.119. The van der Waals surface area contributed by atoms with Gasteiger partial charge in [0.2, 0.25) is 0 Å². The Balaban J connectivity index is 1.55. The highest BCUT2D eigenvalue weighted by atomic mass is 19.1. The summed E-state index contributed by atoms with van der Waals surface area (Å²) in [5.41, 5.74) is 3.73. The molecule has 1 N–H and O–H groups in total. The van der Waals surface area contributed by atoms with Crippen LogP contribution in [0.15, 0.2) is 36.4 Å². The molecule has 28 heavy (non-hydrogen) atoms. The fourth-order valence-corrected chi connectivity index (χ4v) is 4.79. The van der Waals surface area contributed by atoms with Crippen molar-refractivity contribution in [3.63, 3.8) is 0 Å². The SMILES string of the molecule is Cc1cc(C)n2nc(C(=O)N3C[C@@H]4CNC[C@@H]4[C@@H]3c3cccc(F)c3)cc2n1. The van der Waals surface area contributed by atoms with Crippen LogP contribution in [-0.4, -0.2) is 45.0 Å². The number of rotatable bonds is 2. The van der Waals surface area contributed by atoms with Gasteiger partial charge in [-0.15, -0.1) is 0 Å². The second-order valence-corrected chi connectivity index (χ2v) is 7.88. The van der Waals surface area contributed by atoms with Gasteiger partial charge in [-0.1, -0.05) is 12.1 Å². The third-order valence-electron chi connectivity index (χ3n) is 5.97. The Kier molecular flexibility index (Phi) is 3.94. The predicted octanol–water partition coefficient (Wildman–Crippen LogP) is 2.52. The number of carbonyl (C=O) groups is 1. The molecule has 5 rings (SSSR count). The zero-order chi connectivity index (χ0) is 19.4. The maximum Gasteiger partial charge on any atom is 0.274 e. The maximum absolute atomic E-state index is 13.9. The molecule has 2 saturated heterocycles. The van der Waals surface area contributed by atoms with Crippen LogP contribution in [0.3, 0.4) is 0 Å². The van der Waals surface area contributed by atoms with Crippen LogP contribution in [0.2, 0.25) is 0 Å². The lowest BCUT2D eigenvalue weighted by molar-refractivity contribution is 0.0707. The number of fused-ring (bicyclic) bond motifs is 2. The van der Waals surface area contributed by atoms with Crippen molar-refractivity contribution in [1.29, 1.82) is 0 Å². The molecule has 4 heterocycles. The molecular weight excluding hydrogens is 357 g/mol. The summed E-state index contributed by atoms with van der Waals surface area (Å²) in [6.45, 7) is 6.24. The summed E-state index contributed by atoms with van der Waals surface area (Å²) in [4.78, 5) is 19.8. The number of amides is 1. The van der Waals surface area contributed by atoms with Gasteiger partial charge in [-0.2, -0.15) is 5.10 Å². The van der Waals surface area contributed by atoms with E-state index in [2.05, 4.69) is 15.4 Å². The topological polar surface area (TPSA) is 62.5 Å². The maximum atomic E-state index is 13.9. The molecule has 0 aliphatic carbocycles. The average molecular weight is 379 g/mol. The van der Waals surface area contributed by atoms with Gasteiger partial charge in [0, 0.05) is 43.0 Å². The number of benzene rings is 1. The summed E-state index contributed by atoms with van der Waals surface area (Å²) >= 11 is 0. The Morgan fingerprint density at radius 2 is 2.07 bits per heavy atom. The standard InChI is InChI=1S/C21H22FN5O/c1-12-6-13(2)27-19(24-12)8-18(25-27)21(28)26-11-15-9-23-10-17(15)20(26)14-4-3-5-16(22)7-14/h3-8,15,17,20,23H,9-11H2,1-2H3/t15-,17-,20-/m0/s1. The number of carbonyl (C=O) groups excluding carboxylic acids is 1. The molecule has 144 valence electrons. The van der Waals surface area contributed by atoms with Crippen molar-refractivity contribution < 1.29 is 9.18 Å². The van der Waals surface area contributed by atoms with E-state index in [0.29, 0.717) is 23.8 Å². The normalized spacial score (nSPS) is 24.1. The van der Waals surface area contributed by atoms with Crippen LogP contribution in [0.5, 0.6) is 0 Å². The van der Waals surface area contributed by atoms with E-state index in [1.807, 2.05) is 30.9 Å². The Hall–Kier alpha value is -2.80. The Morgan fingerprint density at radius 3 is 2.89 bits per heavy atom. The molecule has 0 radical (unpaired) electrons. The van der Waals surface area contributed by atoms with E-state index in [0.717, 1.165) is 30.0 Å². The fourth-order valence-electron chi connectivity index (χ4n) is 4.79. The highest BCUT2D eigenvalue weighted by molar-refractivity contribution is 5.94. The molecule has 0 saturated carbocycles. The van der Waals surface area contributed by atoms with Crippen molar-refractivity contribution in [3.05, 3.63) is 64.9 Å². The first kappa shape index (κ1) is 17.3. The summed E-state index contributed by atoms with van der Waals surface area (Å²) in [5, 5.41) is 7.92. The lowest BCUT2D eigenvalue weighted by Gasteiger charge is -2.28. The number of nitrogens with one attached hydrogen (secondary N) is 1. The first-order chi connectivity index (χ1) is 13.5. The van der Waals surface area contributed by atoms with Gasteiger partial charge in [0.05, 0.1) is 6.04 Å². The smallest absolute Gasteiger partial charge is 0.274 e. The van der Waals surface area contributed by atoms with Gasteiger partial charge in [0.25, 0.3) is 5.91 Å². The van der Waals surface area contributed by atoms with E-state index in [1.54, 1.807) is 22.7 Å². The molecule has 1 amide bonds. The molecule has 2 aliphatic heterocycles. The third kappa shape index (κ3) is 2.69. The zero-order valence-electron chi connectivity index (χ0n) is 15.9. The second-order valence-electron chi connectivity index (χ2n) is 7.88. The number of aryl methyl sites for hydroxylation is 2. The van der Waals surface area contributed by atoms with Crippen LogP contribution < -0.4 is 5.32 Å². The first-order valence-electron chi connectivity index (χ1n) is 9.62. The van der Waals surface area contributed by atoms with E-state index in [9.17, 15) is 9.18 Å². The predicted molar refractivity (Wildman–Crippen MR) is 102 cm³/mol. The number of hydrogen-bond donors (Lipinski definition) is 1. The van der Waals surface area contributed by atoms with E-state index >= 15 is 0 Å². The van der Waals surface area contributed by atoms with E-state index < -0.39 is 0 Å². The van der Waals surface area contributed by atoms with Gasteiger partial charge in [-0.3, -0.25) is 4.79 Å². The van der Waals surface area contributed by atoms with Gasteiger partial charge in [-0.05, 0) is 43.5 Å². The highest BCUT2D eigenvalue weighted by Crippen LogP contribution is 2.43. The van der Waals surface area contributed by atoms with Gasteiger partial charge < -0.3 is 10.2 Å². The van der Waals surface area contributed by atoms with Crippen molar-refractivity contribution in [3.8, 4) is 0 Å². The molecule has 3 aromatic rings. The number of hydrogen-bond acceptors (Lipinski definition) is 4. The van der Waals surface area contributed by atoms with Gasteiger partial charge in [0.15, 0.2) is 11.3 Å². The number of likely N-dealkylation sites (tertiary alicyclic amines) is 1. The van der Waals surface area contributed by atoms with Crippen molar-refractivity contribution in [2.24, 2.45) is 11.8 Å². The Morgan fingerprint density at radius 1 is 1.21 bits per heavy atom. The molecule has 0 unspecified atom stereocenters. The lowest BCUT2D eigenvalue weighted by atomic mass is 9.89. The molecule has 2 aliphatic rings. The number of halogens is 1. The molecule has 6 nitrogen and oxygen atoms in total. The summed E-state index contributed by atoms with van der Waals surface area (Å²) in [6, 6.07) is 10.1. The monoisotopic (exact) mass is 379 g/mol. The largest absolute Gasteiger partial charge is 0.330 e. The van der Waals surface area contributed by atoms with Crippen LogP contribution in [0.25, 0.3) is 5.65 Å². The molecule has 2 fully saturated rings. The van der Waals surface area contributed by atoms with E-state index in [4.69, 9.17) is 0 Å². The number of aromatic nitrogens is 3.